The van der Waals surface area contributed by atoms with Crippen LogP contribution in [0.3, 0.4) is 0 Å². The van der Waals surface area contributed by atoms with Gasteiger partial charge in [-0.1, -0.05) is 17.5 Å². The van der Waals surface area contributed by atoms with Crippen molar-refractivity contribution < 1.29 is 22.4 Å². The van der Waals surface area contributed by atoms with E-state index in [0.29, 0.717) is 24.2 Å². The largest absolute Gasteiger partial charge is 0.419 e. The number of rotatable bonds is 3. The molecule has 2 rings (SSSR count). The van der Waals surface area contributed by atoms with Gasteiger partial charge in [0.1, 0.15) is 10.7 Å². The quantitative estimate of drug-likeness (QED) is 0.644. The summed E-state index contributed by atoms with van der Waals surface area (Å²) in [4.78, 5) is 12.3. The van der Waals surface area contributed by atoms with Crippen molar-refractivity contribution in [3.63, 3.8) is 0 Å². The molecule has 0 N–H and O–H groups in total. The van der Waals surface area contributed by atoms with E-state index in [4.69, 9.17) is 0 Å². The molecule has 106 valence electrons. The molecule has 0 atom stereocenters. The molecule has 1 heterocycles. The van der Waals surface area contributed by atoms with Crippen LogP contribution in [0, 0.1) is 5.82 Å². The average Bonchev–Trinajstić information content (AvgIpc) is 2.84. The summed E-state index contributed by atoms with van der Waals surface area (Å²) in [5.41, 5.74) is -1.11. The molecular formula is C12H8F4N2OS. The van der Waals surface area contributed by atoms with Gasteiger partial charge in [0, 0.05) is 5.56 Å². The Balaban J connectivity index is 2.40. The van der Waals surface area contributed by atoms with Crippen LogP contribution in [0.5, 0.6) is 0 Å². The molecule has 0 radical (unpaired) electrons. The zero-order valence-electron chi connectivity index (χ0n) is 10.2. The molecule has 0 aliphatic heterocycles. The molecule has 0 bridgehead atoms. The molecule has 1 aromatic carbocycles. The first-order chi connectivity index (χ1) is 9.34. The number of hydrogen-bond acceptors (Lipinski definition) is 4. The molecule has 0 aliphatic rings. The number of ketones is 1. The third kappa shape index (κ3) is 2.69. The molecule has 2 aromatic rings. The molecule has 0 amide bonds. The smallest absolute Gasteiger partial charge is 0.288 e. The molecule has 0 spiro atoms. The molecule has 0 fully saturated rings. The van der Waals surface area contributed by atoms with Gasteiger partial charge in [0.2, 0.25) is 5.78 Å². The number of aryl methyl sites for hydroxylation is 1. The Hall–Kier alpha value is -1.83. The first-order valence-electron chi connectivity index (χ1n) is 5.57. The first-order valence-corrected chi connectivity index (χ1v) is 6.34. The Morgan fingerprint density at radius 1 is 1.35 bits per heavy atom. The molecule has 0 saturated carbocycles. The van der Waals surface area contributed by atoms with Crippen LogP contribution < -0.4 is 0 Å². The van der Waals surface area contributed by atoms with Crippen LogP contribution in [0.15, 0.2) is 18.2 Å². The predicted octanol–water partition coefficient (Wildman–Crippen LogP) is 3.49. The highest BCUT2D eigenvalue weighted by Crippen LogP contribution is 2.32. The van der Waals surface area contributed by atoms with Crippen molar-refractivity contribution in [1.29, 1.82) is 0 Å². The summed E-state index contributed by atoms with van der Waals surface area (Å²) in [5, 5.41) is 3.73. The number of benzene rings is 1. The van der Waals surface area contributed by atoms with E-state index in [1.807, 2.05) is 0 Å². The van der Waals surface area contributed by atoms with Crippen LogP contribution in [0.2, 0.25) is 0 Å². The monoisotopic (exact) mass is 304 g/mol. The predicted molar refractivity (Wildman–Crippen MR) is 64.1 cm³/mol. The van der Waals surface area contributed by atoms with Crippen molar-refractivity contribution in [3.8, 4) is 0 Å². The number of carbonyl (C=O) groups excluding carboxylic acids is 1. The fraction of sp³-hybridized carbons (Fsp3) is 0.250. The first kappa shape index (κ1) is 14.6. The second-order valence-corrected chi connectivity index (χ2v) is 4.68. The van der Waals surface area contributed by atoms with E-state index in [0.717, 1.165) is 17.6 Å². The van der Waals surface area contributed by atoms with E-state index >= 15 is 0 Å². The number of halogens is 4. The van der Waals surface area contributed by atoms with E-state index in [9.17, 15) is 22.4 Å². The SMILES string of the molecule is CCc1nnsc1C(=O)c1ccc(C(F)(F)F)c(F)c1. The molecule has 8 heteroatoms. The maximum Gasteiger partial charge on any atom is 0.419 e. The molecule has 0 saturated heterocycles. The number of carbonyl (C=O) groups is 1. The van der Waals surface area contributed by atoms with E-state index in [1.54, 1.807) is 6.92 Å². The fourth-order valence-corrected chi connectivity index (χ4v) is 2.34. The van der Waals surface area contributed by atoms with Gasteiger partial charge in [-0.05, 0) is 30.1 Å². The minimum absolute atomic E-state index is 0.156. The van der Waals surface area contributed by atoms with Gasteiger partial charge in [0.05, 0.1) is 11.3 Å². The number of hydrogen-bond donors (Lipinski definition) is 0. The number of nitrogens with zero attached hydrogens (tertiary/aromatic N) is 2. The molecule has 1 aromatic heterocycles. The minimum Gasteiger partial charge on any atom is -0.288 e. The van der Waals surface area contributed by atoms with Crippen molar-refractivity contribution in [2.24, 2.45) is 0 Å². The van der Waals surface area contributed by atoms with Crippen LogP contribution in [0.25, 0.3) is 0 Å². The lowest BCUT2D eigenvalue weighted by Gasteiger charge is -2.08. The standard InChI is InChI=1S/C12H8F4N2OS/c1-2-9-11(20-18-17-9)10(19)6-3-4-7(8(13)5-6)12(14,15)16/h3-5H,2H2,1H3. The van der Waals surface area contributed by atoms with Gasteiger partial charge >= 0.3 is 6.18 Å². The van der Waals surface area contributed by atoms with Gasteiger partial charge in [0.15, 0.2) is 0 Å². The van der Waals surface area contributed by atoms with Gasteiger partial charge in [0.25, 0.3) is 0 Å². The van der Waals surface area contributed by atoms with Crippen molar-refractivity contribution in [2.45, 2.75) is 19.5 Å². The lowest BCUT2D eigenvalue weighted by molar-refractivity contribution is -0.140. The zero-order chi connectivity index (χ0) is 14.9. The van der Waals surface area contributed by atoms with Gasteiger partial charge in [-0.25, -0.2) is 4.39 Å². The van der Waals surface area contributed by atoms with Gasteiger partial charge < -0.3 is 0 Å². The van der Waals surface area contributed by atoms with Crippen LogP contribution in [-0.2, 0) is 12.6 Å². The minimum atomic E-state index is -4.79. The maximum absolute atomic E-state index is 13.4. The lowest BCUT2D eigenvalue weighted by Crippen LogP contribution is -2.10. The van der Waals surface area contributed by atoms with Gasteiger partial charge in [-0.15, -0.1) is 5.10 Å². The van der Waals surface area contributed by atoms with E-state index in [-0.39, 0.29) is 10.4 Å². The summed E-state index contributed by atoms with van der Waals surface area (Å²) in [6, 6.07) is 2.10. The molecule has 3 nitrogen and oxygen atoms in total. The highest BCUT2D eigenvalue weighted by Gasteiger charge is 2.34. The average molecular weight is 304 g/mol. The third-order valence-electron chi connectivity index (χ3n) is 2.63. The Kier molecular flexibility index (Phi) is 3.85. The molecular weight excluding hydrogens is 296 g/mol. The third-order valence-corrected chi connectivity index (χ3v) is 3.40. The Labute approximate surface area is 115 Å². The van der Waals surface area contributed by atoms with Crippen molar-refractivity contribution in [3.05, 3.63) is 45.7 Å². The van der Waals surface area contributed by atoms with Crippen LogP contribution in [0.4, 0.5) is 17.6 Å². The van der Waals surface area contributed by atoms with E-state index in [2.05, 4.69) is 9.59 Å². The van der Waals surface area contributed by atoms with Crippen molar-refractivity contribution >= 4 is 17.3 Å². The summed E-state index contributed by atoms with van der Waals surface area (Å²) in [5.74, 6) is -2.05. The lowest BCUT2D eigenvalue weighted by atomic mass is 10.0. The summed E-state index contributed by atoms with van der Waals surface area (Å²) in [7, 11) is 0. The van der Waals surface area contributed by atoms with E-state index in [1.165, 1.54) is 0 Å². The summed E-state index contributed by atoms with van der Waals surface area (Å²) in [6.07, 6.45) is -4.33. The Morgan fingerprint density at radius 3 is 2.60 bits per heavy atom. The molecule has 20 heavy (non-hydrogen) atoms. The second kappa shape index (κ2) is 5.28. The van der Waals surface area contributed by atoms with Crippen LogP contribution in [-0.4, -0.2) is 15.4 Å². The van der Waals surface area contributed by atoms with Gasteiger partial charge in [-0.2, -0.15) is 13.2 Å². The highest BCUT2D eigenvalue weighted by atomic mass is 32.1. The Morgan fingerprint density at radius 2 is 2.05 bits per heavy atom. The maximum atomic E-state index is 13.4. The van der Waals surface area contributed by atoms with Crippen LogP contribution in [0.1, 0.15) is 33.4 Å². The fourth-order valence-electron chi connectivity index (χ4n) is 1.63. The summed E-state index contributed by atoms with van der Waals surface area (Å²) < 4.78 is 54.3. The van der Waals surface area contributed by atoms with Crippen molar-refractivity contribution in [1.82, 2.24) is 9.59 Å². The summed E-state index contributed by atoms with van der Waals surface area (Å²) >= 11 is 0.837. The number of aromatic nitrogens is 2. The van der Waals surface area contributed by atoms with Crippen LogP contribution >= 0.6 is 11.5 Å². The topological polar surface area (TPSA) is 42.9 Å². The van der Waals surface area contributed by atoms with Crippen molar-refractivity contribution in [2.75, 3.05) is 0 Å². The second-order valence-electron chi connectivity index (χ2n) is 3.92. The zero-order valence-corrected chi connectivity index (χ0v) is 11.0. The van der Waals surface area contributed by atoms with Gasteiger partial charge in [-0.3, -0.25) is 4.79 Å². The molecule has 0 unspecified atom stereocenters. The molecule has 0 aliphatic carbocycles. The summed E-state index contributed by atoms with van der Waals surface area (Å²) in [6.45, 7) is 1.76. The normalized spacial score (nSPS) is 11.7. The number of alkyl halides is 3. The highest BCUT2D eigenvalue weighted by molar-refractivity contribution is 7.08. The Bertz CT molecular complexity index is 651. The van der Waals surface area contributed by atoms with E-state index < -0.39 is 23.3 Å².